The molecule has 0 saturated heterocycles. The minimum atomic E-state index is -0.0128. The molecule has 2 N–H and O–H groups in total. The molecule has 0 spiro atoms. The van der Waals surface area contributed by atoms with E-state index >= 15 is 0 Å². The zero-order valence-corrected chi connectivity index (χ0v) is 13.1. The Morgan fingerprint density at radius 1 is 1.24 bits per heavy atom. The summed E-state index contributed by atoms with van der Waals surface area (Å²) in [6, 6.07) is 7.79. The zero-order chi connectivity index (χ0) is 15.7. The molecule has 5 nitrogen and oxygen atoms in total. The average Bonchev–Trinajstić information content (AvgIpc) is 2.48. The molecular weight excluding hydrogens is 266 g/mol. The van der Waals surface area contributed by atoms with Crippen LogP contribution in [0.1, 0.15) is 32.8 Å². The third-order valence-electron chi connectivity index (χ3n) is 3.15. The van der Waals surface area contributed by atoms with Gasteiger partial charge in [0, 0.05) is 32.2 Å². The minimum absolute atomic E-state index is 0.0128. The fraction of sp³-hybridized carbons (Fsp3) is 0.500. The van der Waals surface area contributed by atoms with Crippen LogP contribution < -0.4 is 10.6 Å². The Bertz CT molecular complexity index is 474. The number of hydrogen-bond donors (Lipinski definition) is 2. The molecule has 0 atom stereocenters. The lowest BCUT2D eigenvalue weighted by Crippen LogP contribution is -2.30. The number of rotatable bonds is 8. The van der Waals surface area contributed by atoms with Gasteiger partial charge in [0.15, 0.2) is 0 Å². The second-order valence-corrected chi connectivity index (χ2v) is 4.94. The average molecular weight is 291 g/mol. The van der Waals surface area contributed by atoms with Gasteiger partial charge in [-0.05, 0) is 31.0 Å². The van der Waals surface area contributed by atoms with Gasteiger partial charge in [0.1, 0.15) is 0 Å². The molecule has 0 heterocycles. The van der Waals surface area contributed by atoms with Crippen molar-refractivity contribution >= 4 is 17.5 Å². The number of amides is 2. The molecule has 1 aromatic rings. The van der Waals surface area contributed by atoms with Crippen molar-refractivity contribution in [1.82, 2.24) is 10.2 Å². The smallest absolute Gasteiger partial charge is 0.239 e. The van der Waals surface area contributed by atoms with E-state index < -0.39 is 0 Å². The number of carbonyl (C=O) groups excluding carboxylic acids is 2. The first kappa shape index (κ1) is 17.0. The highest BCUT2D eigenvalue weighted by Gasteiger charge is 2.07. The van der Waals surface area contributed by atoms with E-state index in [-0.39, 0.29) is 18.4 Å². The van der Waals surface area contributed by atoms with Crippen LogP contribution in [-0.4, -0.2) is 36.3 Å². The van der Waals surface area contributed by atoms with Gasteiger partial charge in [-0.2, -0.15) is 0 Å². The van der Waals surface area contributed by atoms with E-state index in [9.17, 15) is 9.59 Å². The Morgan fingerprint density at radius 3 is 2.62 bits per heavy atom. The summed E-state index contributed by atoms with van der Waals surface area (Å²) in [5.41, 5.74) is 1.93. The Morgan fingerprint density at radius 2 is 2.00 bits per heavy atom. The SMILES string of the molecule is CCCNC(=O)CNc1cccc(CN(CC)C(C)=O)c1. The van der Waals surface area contributed by atoms with Crippen LogP contribution in [0, 0.1) is 0 Å². The van der Waals surface area contributed by atoms with Crippen molar-refractivity contribution in [2.45, 2.75) is 33.7 Å². The molecule has 116 valence electrons. The molecule has 21 heavy (non-hydrogen) atoms. The first-order valence-electron chi connectivity index (χ1n) is 7.41. The summed E-state index contributed by atoms with van der Waals surface area (Å²) in [7, 11) is 0. The number of nitrogens with one attached hydrogen (secondary N) is 2. The monoisotopic (exact) mass is 291 g/mol. The van der Waals surface area contributed by atoms with Gasteiger partial charge in [-0.25, -0.2) is 0 Å². The molecule has 2 amide bonds. The van der Waals surface area contributed by atoms with E-state index in [0.29, 0.717) is 19.6 Å². The number of benzene rings is 1. The normalized spacial score (nSPS) is 10.0. The van der Waals surface area contributed by atoms with E-state index in [1.807, 2.05) is 38.1 Å². The van der Waals surface area contributed by atoms with Crippen molar-refractivity contribution in [3.8, 4) is 0 Å². The minimum Gasteiger partial charge on any atom is -0.376 e. The third-order valence-corrected chi connectivity index (χ3v) is 3.15. The van der Waals surface area contributed by atoms with Gasteiger partial charge in [-0.1, -0.05) is 19.1 Å². The molecule has 0 aliphatic rings. The summed E-state index contributed by atoms with van der Waals surface area (Å²) in [5.74, 6) is 0.0518. The van der Waals surface area contributed by atoms with Gasteiger partial charge in [0.05, 0.1) is 6.54 Å². The van der Waals surface area contributed by atoms with Gasteiger partial charge < -0.3 is 15.5 Å². The molecule has 0 unspecified atom stereocenters. The Kier molecular flexibility index (Phi) is 7.29. The molecule has 0 aromatic heterocycles. The van der Waals surface area contributed by atoms with Crippen LogP contribution in [-0.2, 0) is 16.1 Å². The third kappa shape index (κ3) is 6.29. The number of nitrogens with zero attached hydrogens (tertiary/aromatic N) is 1. The highest BCUT2D eigenvalue weighted by atomic mass is 16.2. The predicted octanol–water partition coefficient (Wildman–Crippen LogP) is 1.99. The molecule has 0 aliphatic carbocycles. The maximum absolute atomic E-state index is 11.5. The van der Waals surface area contributed by atoms with Gasteiger partial charge in [-0.3, -0.25) is 9.59 Å². The van der Waals surface area contributed by atoms with Crippen molar-refractivity contribution in [3.05, 3.63) is 29.8 Å². The van der Waals surface area contributed by atoms with Gasteiger partial charge in [0.25, 0.3) is 0 Å². The van der Waals surface area contributed by atoms with E-state index in [1.165, 1.54) is 0 Å². The first-order chi connectivity index (χ1) is 10.1. The van der Waals surface area contributed by atoms with Crippen molar-refractivity contribution < 1.29 is 9.59 Å². The summed E-state index contributed by atoms with van der Waals surface area (Å²) < 4.78 is 0. The topological polar surface area (TPSA) is 61.4 Å². The van der Waals surface area contributed by atoms with Crippen LogP contribution in [0.2, 0.25) is 0 Å². The van der Waals surface area contributed by atoms with E-state index in [2.05, 4.69) is 10.6 Å². The summed E-state index contributed by atoms with van der Waals surface area (Å²) in [4.78, 5) is 24.8. The highest BCUT2D eigenvalue weighted by Crippen LogP contribution is 2.12. The maximum Gasteiger partial charge on any atom is 0.239 e. The fourth-order valence-electron chi connectivity index (χ4n) is 1.96. The summed E-state index contributed by atoms with van der Waals surface area (Å²) in [6.07, 6.45) is 0.930. The highest BCUT2D eigenvalue weighted by molar-refractivity contribution is 5.80. The van der Waals surface area contributed by atoms with Crippen LogP contribution in [0.3, 0.4) is 0 Å². The van der Waals surface area contributed by atoms with Crippen molar-refractivity contribution in [3.63, 3.8) is 0 Å². The van der Waals surface area contributed by atoms with E-state index in [0.717, 1.165) is 17.7 Å². The molecule has 0 fully saturated rings. The number of anilines is 1. The molecule has 5 heteroatoms. The molecular formula is C16H25N3O2. The lowest BCUT2D eigenvalue weighted by atomic mass is 10.2. The van der Waals surface area contributed by atoms with Crippen LogP contribution in [0.5, 0.6) is 0 Å². The first-order valence-corrected chi connectivity index (χ1v) is 7.41. The Labute approximate surface area is 126 Å². The molecule has 1 rings (SSSR count). The Hall–Kier alpha value is -2.04. The van der Waals surface area contributed by atoms with Crippen molar-refractivity contribution in [2.75, 3.05) is 25.0 Å². The zero-order valence-electron chi connectivity index (χ0n) is 13.1. The van der Waals surface area contributed by atoms with Crippen molar-refractivity contribution in [1.29, 1.82) is 0 Å². The van der Waals surface area contributed by atoms with E-state index in [4.69, 9.17) is 0 Å². The second kappa shape index (κ2) is 9.00. The largest absolute Gasteiger partial charge is 0.376 e. The number of hydrogen-bond acceptors (Lipinski definition) is 3. The van der Waals surface area contributed by atoms with Crippen molar-refractivity contribution in [2.24, 2.45) is 0 Å². The van der Waals surface area contributed by atoms with Gasteiger partial charge in [0.2, 0.25) is 11.8 Å². The summed E-state index contributed by atoms with van der Waals surface area (Å²) in [6.45, 7) is 7.78. The fourth-order valence-corrected chi connectivity index (χ4v) is 1.96. The second-order valence-electron chi connectivity index (χ2n) is 4.94. The lowest BCUT2D eigenvalue weighted by Gasteiger charge is -2.19. The quantitative estimate of drug-likeness (QED) is 0.770. The Balaban J connectivity index is 2.56. The maximum atomic E-state index is 11.5. The van der Waals surface area contributed by atoms with Crippen LogP contribution in [0.25, 0.3) is 0 Å². The molecule has 0 radical (unpaired) electrons. The van der Waals surface area contributed by atoms with Crippen LogP contribution in [0.15, 0.2) is 24.3 Å². The van der Waals surface area contributed by atoms with Crippen LogP contribution in [0.4, 0.5) is 5.69 Å². The molecule has 0 saturated carbocycles. The van der Waals surface area contributed by atoms with Crippen LogP contribution >= 0.6 is 0 Å². The van der Waals surface area contributed by atoms with E-state index in [1.54, 1.807) is 11.8 Å². The molecule has 0 bridgehead atoms. The molecule has 1 aromatic carbocycles. The number of carbonyl (C=O) groups is 2. The predicted molar refractivity (Wildman–Crippen MR) is 85.0 cm³/mol. The molecule has 0 aliphatic heterocycles. The van der Waals surface area contributed by atoms with Gasteiger partial charge in [-0.15, -0.1) is 0 Å². The lowest BCUT2D eigenvalue weighted by molar-refractivity contribution is -0.129. The summed E-state index contributed by atoms with van der Waals surface area (Å²) >= 11 is 0. The standard InChI is InChI=1S/C16H25N3O2/c1-4-9-17-16(21)11-18-15-8-6-7-14(10-15)12-19(5-2)13(3)20/h6-8,10,18H,4-5,9,11-12H2,1-3H3,(H,17,21). The summed E-state index contributed by atoms with van der Waals surface area (Å²) in [5, 5.41) is 5.92. The van der Waals surface area contributed by atoms with Gasteiger partial charge >= 0.3 is 0 Å².